The summed E-state index contributed by atoms with van der Waals surface area (Å²) < 4.78 is 7.12. The molecule has 30 heavy (non-hydrogen) atoms. The Hall–Kier alpha value is -3.49. The molecule has 9 nitrogen and oxygen atoms in total. The molecular formula is C21H24N6O3. The Morgan fingerprint density at radius 3 is 2.73 bits per heavy atom. The van der Waals surface area contributed by atoms with Crippen molar-refractivity contribution in [3.8, 4) is 11.3 Å². The quantitative estimate of drug-likeness (QED) is 0.715. The number of amides is 2. The van der Waals surface area contributed by atoms with Gasteiger partial charge in [0, 0.05) is 37.1 Å². The van der Waals surface area contributed by atoms with Gasteiger partial charge in [0.25, 0.3) is 0 Å². The lowest BCUT2D eigenvalue weighted by Crippen LogP contribution is -2.36. The minimum atomic E-state index is -0.561. The van der Waals surface area contributed by atoms with E-state index < -0.39 is 5.60 Å². The summed E-state index contributed by atoms with van der Waals surface area (Å²) in [6.07, 6.45) is 5.24. The number of nitrogens with zero attached hydrogens (tertiary/aromatic N) is 5. The number of rotatable bonds is 3. The molecule has 0 saturated carbocycles. The van der Waals surface area contributed by atoms with Gasteiger partial charge in [-0.25, -0.2) is 19.3 Å². The lowest BCUT2D eigenvalue weighted by atomic mass is 10.1. The number of ether oxygens (including phenoxy) is 1. The fourth-order valence-electron chi connectivity index (χ4n) is 3.41. The molecule has 1 aliphatic heterocycles. The summed E-state index contributed by atoms with van der Waals surface area (Å²) in [5.74, 6) is -0.0169. The van der Waals surface area contributed by atoms with E-state index in [9.17, 15) is 9.59 Å². The summed E-state index contributed by atoms with van der Waals surface area (Å²) in [4.78, 5) is 35.1. The number of pyridine rings is 1. The molecule has 1 N–H and O–H groups in total. The molecule has 4 heterocycles. The van der Waals surface area contributed by atoms with Gasteiger partial charge in [0.05, 0.1) is 17.8 Å². The molecule has 3 aromatic rings. The highest BCUT2D eigenvalue weighted by molar-refractivity contribution is 5.93. The summed E-state index contributed by atoms with van der Waals surface area (Å²) >= 11 is 0. The second kappa shape index (κ2) is 7.74. The third kappa shape index (κ3) is 4.24. The maximum Gasteiger partial charge on any atom is 0.410 e. The van der Waals surface area contributed by atoms with Crippen molar-refractivity contribution in [2.24, 2.45) is 5.92 Å². The van der Waals surface area contributed by atoms with E-state index in [4.69, 9.17) is 4.74 Å². The van der Waals surface area contributed by atoms with Crippen LogP contribution in [0.1, 0.15) is 27.2 Å². The molecule has 3 aromatic heterocycles. The number of carbonyl (C=O) groups excluding carboxylic acids is 2. The molecule has 1 aliphatic rings. The second-order valence-corrected chi connectivity index (χ2v) is 8.26. The molecule has 0 aromatic carbocycles. The minimum absolute atomic E-state index is 0.162. The number of aromatic nitrogens is 4. The number of anilines is 1. The number of hydrogen-bond acceptors (Lipinski definition) is 6. The van der Waals surface area contributed by atoms with Crippen molar-refractivity contribution in [1.29, 1.82) is 0 Å². The van der Waals surface area contributed by atoms with E-state index >= 15 is 0 Å². The number of fused-ring (bicyclic) bond motifs is 1. The third-order valence-corrected chi connectivity index (χ3v) is 4.81. The van der Waals surface area contributed by atoms with Crippen LogP contribution in [0.25, 0.3) is 16.9 Å². The highest BCUT2D eigenvalue weighted by Crippen LogP contribution is 2.24. The van der Waals surface area contributed by atoms with E-state index in [2.05, 4.69) is 20.4 Å². The zero-order chi connectivity index (χ0) is 21.3. The molecule has 0 unspecified atom stereocenters. The molecule has 156 valence electrons. The Labute approximate surface area is 174 Å². The van der Waals surface area contributed by atoms with Crippen molar-refractivity contribution >= 4 is 23.5 Å². The Bertz CT molecular complexity index is 1090. The lowest BCUT2D eigenvalue weighted by Gasteiger charge is -2.24. The van der Waals surface area contributed by atoms with Crippen molar-refractivity contribution < 1.29 is 14.3 Å². The van der Waals surface area contributed by atoms with E-state index in [1.54, 1.807) is 34.1 Å². The van der Waals surface area contributed by atoms with Gasteiger partial charge in [0.2, 0.25) is 5.91 Å². The fourth-order valence-corrected chi connectivity index (χ4v) is 3.41. The Kier molecular flexibility index (Phi) is 5.11. The van der Waals surface area contributed by atoms with Gasteiger partial charge in [-0.1, -0.05) is 0 Å². The second-order valence-electron chi connectivity index (χ2n) is 8.26. The number of carbonyl (C=O) groups is 2. The largest absolute Gasteiger partial charge is 0.444 e. The van der Waals surface area contributed by atoms with Crippen LogP contribution in [0.5, 0.6) is 0 Å². The highest BCUT2D eigenvalue weighted by atomic mass is 16.6. The summed E-state index contributed by atoms with van der Waals surface area (Å²) in [5.41, 5.74) is 1.88. The van der Waals surface area contributed by atoms with Crippen molar-refractivity contribution in [3.63, 3.8) is 0 Å². The van der Waals surface area contributed by atoms with Crippen LogP contribution in [0.2, 0.25) is 0 Å². The first-order valence-electron chi connectivity index (χ1n) is 9.84. The van der Waals surface area contributed by atoms with Gasteiger partial charge in [-0.15, -0.1) is 0 Å². The van der Waals surface area contributed by atoms with Crippen LogP contribution in [-0.2, 0) is 9.53 Å². The minimum Gasteiger partial charge on any atom is -0.444 e. The van der Waals surface area contributed by atoms with Crippen LogP contribution < -0.4 is 5.32 Å². The van der Waals surface area contributed by atoms with E-state index in [1.807, 2.05) is 39.0 Å². The van der Waals surface area contributed by atoms with E-state index in [0.29, 0.717) is 25.3 Å². The van der Waals surface area contributed by atoms with Gasteiger partial charge >= 0.3 is 6.09 Å². The molecule has 2 amide bonds. The average molecular weight is 408 g/mol. The fraction of sp³-hybridized carbons (Fsp3) is 0.381. The summed E-state index contributed by atoms with van der Waals surface area (Å²) in [5, 5.41) is 7.17. The zero-order valence-electron chi connectivity index (χ0n) is 17.2. The maximum atomic E-state index is 12.7. The van der Waals surface area contributed by atoms with Gasteiger partial charge < -0.3 is 15.0 Å². The van der Waals surface area contributed by atoms with Gasteiger partial charge in [-0.2, -0.15) is 5.10 Å². The topological polar surface area (TPSA) is 102 Å². The molecule has 0 spiro atoms. The van der Waals surface area contributed by atoms with Crippen LogP contribution >= 0.6 is 0 Å². The molecule has 0 aliphatic carbocycles. The molecule has 1 fully saturated rings. The summed E-state index contributed by atoms with van der Waals surface area (Å²) in [6, 6.07) is 7.33. The summed E-state index contributed by atoms with van der Waals surface area (Å²) in [6.45, 7) is 6.30. The SMILES string of the molecule is CC(C)(C)OC(=O)N1CC[C@H](C(=O)Nc2cc(-c3ccnc4ccnn34)ccn2)C1. The van der Waals surface area contributed by atoms with E-state index in [1.165, 1.54) is 0 Å². The predicted octanol–water partition coefficient (Wildman–Crippen LogP) is 2.99. The predicted molar refractivity (Wildman–Crippen MR) is 111 cm³/mol. The van der Waals surface area contributed by atoms with Gasteiger partial charge in [-0.05, 0) is 45.4 Å². The van der Waals surface area contributed by atoms with E-state index in [0.717, 1.165) is 16.9 Å². The smallest absolute Gasteiger partial charge is 0.410 e. The molecule has 4 rings (SSSR count). The van der Waals surface area contributed by atoms with Crippen molar-refractivity contribution in [2.75, 3.05) is 18.4 Å². The molecular weight excluding hydrogens is 384 g/mol. The van der Waals surface area contributed by atoms with Crippen LogP contribution in [0.4, 0.5) is 10.6 Å². The van der Waals surface area contributed by atoms with Crippen molar-refractivity contribution in [1.82, 2.24) is 24.5 Å². The molecule has 1 saturated heterocycles. The first-order valence-corrected chi connectivity index (χ1v) is 9.84. The Balaban J connectivity index is 1.44. The van der Waals surface area contributed by atoms with Crippen LogP contribution in [-0.4, -0.2) is 55.2 Å². The number of nitrogens with one attached hydrogen (secondary N) is 1. The zero-order valence-corrected chi connectivity index (χ0v) is 17.2. The van der Waals surface area contributed by atoms with Gasteiger partial charge in [-0.3, -0.25) is 4.79 Å². The van der Waals surface area contributed by atoms with Crippen molar-refractivity contribution in [3.05, 3.63) is 42.9 Å². The monoisotopic (exact) mass is 408 g/mol. The highest BCUT2D eigenvalue weighted by Gasteiger charge is 2.33. The molecule has 9 heteroatoms. The standard InChI is InChI=1S/C21H24N6O3/c1-21(2,3)30-20(29)26-11-7-15(13-26)19(28)25-17-12-14(4-8-22-17)16-5-9-23-18-6-10-24-27(16)18/h4-6,8-10,12,15H,7,11,13H2,1-3H3,(H,22,25,28)/t15-/m0/s1. The first-order chi connectivity index (χ1) is 14.3. The van der Waals surface area contributed by atoms with E-state index in [-0.39, 0.29) is 17.9 Å². The Morgan fingerprint density at radius 1 is 1.13 bits per heavy atom. The lowest BCUT2D eigenvalue weighted by molar-refractivity contribution is -0.119. The number of likely N-dealkylation sites (tertiary alicyclic amines) is 1. The van der Waals surface area contributed by atoms with Crippen molar-refractivity contribution in [2.45, 2.75) is 32.8 Å². The van der Waals surface area contributed by atoms with Crippen LogP contribution in [0, 0.1) is 5.92 Å². The third-order valence-electron chi connectivity index (χ3n) is 4.81. The van der Waals surface area contributed by atoms with Gasteiger partial charge in [0.1, 0.15) is 11.4 Å². The summed E-state index contributed by atoms with van der Waals surface area (Å²) in [7, 11) is 0. The Morgan fingerprint density at radius 2 is 1.93 bits per heavy atom. The van der Waals surface area contributed by atoms with Gasteiger partial charge in [0.15, 0.2) is 5.65 Å². The van der Waals surface area contributed by atoms with Crippen LogP contribution in [0.3, 0.4) is 0 Å². The number of hydrogen-bond donors (Lipinski definition) is 1. The average Bonchev–Trinajstić information content (AvgIpc) is 3.36. The molecule has 1 atom stereocenters. The maximum absolute atomic E-state index is 12.7. The normalized spacial score (nSPS) is 16.6. The van der Waals surface area contributed by atoms with Crippen LogP contribution in [0.15, 0.2) is 42.9 Å². The first kappa shape index (κ1) is 19.8. The molecule has 0 radical (unpaired) electrons. The molecule has 0 bridgehead atoms.